The molecular formula is C12H10ClIN2. The third-order valence-electron chi connectivity index (χ3n) is 2.14. The summed E-state index contributed by atoms with van der Waals surface area (Å²) in [6.07, 6.45) is 0. The van der Waals surface area contributed by atoms with E-state index in [1.165, 1.54) is 0 Å². The van der Waals surface area contributed by atoms with Gasteiger partial charge in [0.15, 0.2) is 0 Å². The molecule has 0 heterocycles. The Bertz CT molecular complexity index is 514. The van der Waals surface area contributed by atoms with Gasteiger partial charge in [-0.15, -0.1) is 0 Å². The summed E-state index contributed by atoms with van der Waals surface area (Å²) in [5.41, 5.74) is 8.35. The number of benzene rings is 2. The van der Waals surface area contributed by atoms with Crippen LogP contribution in [0.5, 0.6) is 0 Å². The molecule has 0 atom stereocenters. The Morgan fingerprint density at radius 2 is 1.81 bits per heavy atom. The lowest BCUT2D eigenvalue weighted by Crippen LogP contribution is -1.95. The van der Waals surface area contributed by atoms with Gasteiger partial charge in [-0.1, -0.05) is 23.7 Å². The van der Waals surface area contributed by atoms with Crippen LogP contribution in [0.1, 0.15) is 0 Å². The molecular weight excluding hydrogens is 335 g/mol. The van der Waals surface area contributed by atoms with Crippen LogP contribution in [-0.4, -0.2) is 0 Å². The van der Waals surface area contributed by atoms with Crippen LogP contribution >= 0.6 is 34.2 Å². The first kappa shape index (κ1) is 11.5. The molecule has 0 saturated heterocycles. The fraction of sp³-hybridized carbons (Fsp3) is 0. The number of anilines is 3. The molecule has 2 rings (SSSR count). The Labute approximate surface area is 113 Å². The van der Waals surface area contributed by atoms with E-state index in [4.69, 9.17) is 17.3 Å². The topological polar surface area (TPSA) is 38.0 Å². The van der Waals surface area contributed by atoms with E-state index in [0.717, 1.165) is 20.6 Å². The Balaban J connectivity index is 2.31. The molecule has 4 heteroatoms. The molecule has 0 spiro atoms. The smallest absolute Gasteiger partial charge is 0.0640 e. The van der Waals surface area contributed by atoms with Gasteiger partial charge in [0.2, 0.25) is 0 Å². The Morgan fingerprint density at radius 1 is 1.06 bits per heavy atom. The zero-order valence-corrected chi connectivity index (χ0v) is 11.3. The average Bonchev–Trinajstić information content (AvgIpc) is 2.25. The van der Waals surface area contributed by atoms with Crippen molar-refractivity contribution in [1.29, 1.82) is 0 Å². The molecule has 3 N–H and O–H groups in total. The highest BCUT2D eigenvalue weighted by Crippen LogP contribution is 2.28. The van der Waals surface area contributed by atoms with Gasteiger partial charge in [-0.2, -0.15) is 0 Å². The van der Waals surface area contributed by atoms with Gasteiger partial charge in [-0.25, -0.2) is 0 Å². The van der Waals surface area contributed by atoms with Crippen molar-refractivity contribution in [2.45, 2.75) is 0 Å². The predicted octanol–water partition coefficient (Wildman–Crippen LogP) is 4.27. The maximum atomic E-state index is 6.07. The van der Waals surface area contributed by atoms with E-state index in [1.807, 2.05) is 42.5 Å². The molecule has 0 aliphatic heterocycles. The minimum atomic E-state index is 0.704. The van der Waals surface area contributed by atoms with Gasteiger partial charge in [0.25, 0.3) is 0 Å². The first-order valence-electron chi connectivity index (χ1n) is 4.73. The molecule has 0 aliphatic carbocycles. The lowest BCUT2D eigenvalue weighted by atomic mass is 10.2. The highest BCUT2D eigenvalue weighted by atomic mass is 127. The molecule has 0 aliphatic rings. The van der Waals surface area contributed by atoms with E-state index in [1.54, 1.807) is 0 Å². The van der Waals surface area contributed by atoms with Gasteiger partial charge >= 0.3 is 0 Å². The van der Waals surface area contributed by atoms with Gasteiger partial charge in [-0.05, 0) is 52.9 Å². The predicted molar refractivity (Wildman–Crippen MR) is 78.3 cm³/mol. The van der Waals surface area contributed by atoms with E-state index in [0.29, 0.717) is 5.02 Å². The highest BCUT2D eigenvalue weighted by Gasteiger charge is 2.03. The van der Waals surface area contributed by atoms with Crippen LogP contribution in [0.15, 0.2) is 42.5 Å². The van der Waals surface area contributed by atoms with Crippen molar-refractivity contribution in [1.82, 2.24) is 0 Å². The molecule has 0 aromatic heterocycles. The lowest BCUT2D eigenvalue weighted by molar-refractivity contribution is 1.52. The van der Waals surface area contributed by atoms with Crippen molar-refractivity contribution in [3.05, 3.63) is 51.1 Å². The fourth-order valence-corrected chi connectivity index (χ4v) is 2.20. The number of nitrogens with two attached hydrogens (primary N) is 1. The first-order chi connectivity index (χ1) is 7.66. The average molecular weight is 345 g/mol. The maximum absolute atomic E-state index is 6.07. The lowest BCUT2D eigenvalue weighted by Gasteiger charge is -2.10. The van der Waals surface area contributed by atoms with E-state index in [9.17, 15) is 0 Å². The summed E-state index contributed by atoms with van der Waals surface area (Å²) in [5, 5.41) is 3.98. The summed E-state index contributed by atoms with van der Waals surface area (Å²) in [7, 11) is 0. The standard InChI is InChI=1S/C12H10ClIN2/c13-9-3-1-2-4-11(9)16-12-6-5-8(15)7-10(12)14/h1-7,16H,15H2. The summed E-state index contributed by atoms with van der Waals surface area (Å²) >= 11 is 8.31. The SMILES string of the molecule is Nc1ccc(Nc2ccccc2Cl)c(I)c1. The van der Waals surface area contributed by atoms with Crippen LogP contribution in [0.3, 0.4) is 0 Å². The summed E-state index contributed by atoms with van der Waals surface area (Å²) < 4.78 is 1.07. The van der Waals surface area contributed by atoms with Crippen LogP contribution in [0.2, 0.25) is 5.02 Å². The van der Waals surface area contributed by atoms with Crippen molar-refractivity contribution in [3.63, 3.8) is 0 Å². The van der Waals surface area contributed by atoms with Gasteiger partial charge in [0.1, 0.15) is 0 Å². The summed E-state index contributed by atoms with van der Waals surface area (Å²) in [5.74, 6) is 0. The first-order valence-corrected chi connectivity index (χ1v) is 6.19. The van der Waals surface area contributed by atoms with Crippen LogP contribution in [-0.2, 0) is 0 Å². The zero-order valence-electron chi connectivity index (χ0n) is 8.37. The number of rotatable bonds is 2. The zero-order chi connectivity index (χ0) is 11.5. The molecule has 0 radical (unpaired) electrons. The third-order valence-corrected chi connectivity index (χ3v) is 3.36. The number of nitrogens with one attached hydrogen (secondary N) is 1. The molecule has 0 fully saturated rings. The van der Waals surface area contributed by atoms with Crippen LogP contribution in [0.4, 0.5) is 17.1 Å². The second-order valence-electron chi connectivity index (χ2n) is 3.34. The van der Waals surface area contributed by atoms with Gasteiger partial charge in [0.05, 0.1) is 16.4 Å². The normalized spacial score (nSPS) is 10.1. The van der Waals surface area contributed by atoms with Crippen molar-refractivity contribution in [2.75, 3.05) is 11.1 Å². The molecule has 2 aromatic rings. The summed E-state index contributed by atoms with van der Waals surface area (Å²) in [6.45, 7) is 0. The molecule has 16 heavy (non-hydrogen) atoms. The van der Waals surface area contributed by atoms with E-state index < -0.39 is 0 Å². The molecule has 2 aromatic carbocycles. The van der Waals surface area contributed by atoms with Gasteiger partial charge in [-0.3, -0.25) is 0 Å². The van der Waals surface area contributed by atoms with Gasteiger partial charge < -0.3 is 11.1 Å². The van der Waals surface area contributed by atoms with Crippen molar-refractivity contribution in [3.8, 4) is 0 Å². The molecule has 0 amide bonds. The third kappa shape index (κ3) is 2.59. The van der Waals surface area contributed by atoms with E-state index >= 15 is 0 Å². The second-order valence-corrected chi connectivity index (χ2v) is 4.91. The molecule has 82 valence electrons. The minimum absolute atomic E-state index is 0.704. The Hall–Kier alpha value is -0.940. The van der Waals surface area contributed by atoms with E-state index in [2.05, 4.69) is 27.9 Å². The number of nitrogen functional groups attached to an aromatic ring is 1. The number of para-hydroxylation sites is 1. The fourth-order valence-electron chi connectivity index (χ4n) is 1.34. The molecule has 0 bridgehead atoms. The maximum Gasteiger partial charge on any atom is 0.0640 e. The molecule has 0 saturated carbocycles. The number of halogens is 2. The van der Waals surface area contributed by atoms with Crippen LogP contribution in [0, 0.1) is 3.57 Å². The van der Waals surface area contributed by atoms with E-state index in [-0.39, 0.29) is 0 Å². The Kier molecular flexibility index (Phi) is 3.56. The summed E-state index contributed by atoms with van der Waals surface area (Å²) in [4.78, 5) is 0. The Morgan fingerprint density at radius 3 is 2.50 bits per heavy atom. The van der Waals surface area contributed by atoms with Crippen LogP contribution < -0.4 is 11.1 Å². The van der Waals surface area contributed by atoms with Crippen molar-refractivity contribution in [2.24, 2.45) is 0 Å². The quantitative estimate of drug-likeness (QED) is 0.631. The molecule has 0 unspecified atom stereocenters. The molecule has 2 nitrogen and oxygen atoms in total. The number of hydrogen-bond acceptors (Lipinski definition) is 2. The summed E-state index contributed by atoms with van der Waals surface area (Å²) in [6, 6.07) is 13.4. The number of hydrogen-bond donors (Lipinski definition) is 2. The largest absolute Gasteiger partial charge is 0.399 e. The second kappa shape index (κ2) is 4.93. The van der Waals surface area contributed by atoms with Crippen molar-refractivity contribution < 1.29 is 0 Å². The highest BCUT2D eigenvalue weighted by molar-refractivity contribution is 14.1. The minimum Gasteiger partial charge on any atom is -0.399 e. The van der Waals surface area contributed by atoms with Crippen molar-refractivity contribution >= 4 is 51.3 Å². The van der Waals surface area contributed by atoms with Crippen LogP contribution in [0.25, 0.3) is 0 Å². The van der Waals surface area contributed by atoms with Gasteiger partial charge in [0, 0.05) is 9.26 Å². The monoisotopic (exact) mass is 344 g/mol.